The molecule has 0 radical (unpaired) electrons. The number of phenols is 1. The molecule has 0 aliphatic rings. The minimum Gasteiger partial charge on any atom is -0.503 e. The van der Waals surface area contributed by atoms with Crippen molar-refractivity contribution < 1.29 is 24.2 Å². The molecule has 1 unspecified atom stereocenters. The van der Waals surface area contributed by atoms with Gasteiger partial charge in [-0.1, -0.05) is 13.8 Å². The van der Waals surface area contributed by atoms with E-state index in [1.807, 2.05) is 0 Å². The van der Waals surface area contributed by atoms with Gasteiger partial charge in [0.15, 0.2) is 11.5 Å². The number of ether oxygens (including phenoxy) is 2. The maximum Gasteiger partial charge on any atom is 0.252 e. The molecule has 0 saturated carbocycles. The first-order valence-corrected chi connectivity index (χ1v) is 10.5. The van der Waals surface area contributed by atoms with Gasteiger partial charge in [0.25, 0.3) is 5.91 Å². The smallest absolute Gasteiger partial charge is 0.252 e. The molecule has 2 aromatic carbocycles. The van der Waals surface area contributed by atoms with Crippen molar-refractivity contribution in [1.82, 2.24) is 5.43 Å². The third-order valence-corrected chi connectivity index (χ3v) is 4.93. The first-order chi connectivity index (χ1) is 14.8. The molecule has 2 rings (SSSR count). The number of hydrogen-bond donors (Lipinski definition) is 3. The van der Waals surface area contributed by atoms with Crippen LogP contribution in [-0.2, 0) is 9.59 Å². The van der Waals surface area contributed by atoms with Crippen LogP contribution in [0, 0.1) is 11.8 Å². The Balaban J connectivity index is 2.07. The highest BCUT2D eigenvalue weighted by Gasteiger charge is 2.30. The number of hydrogen-bond acceptors (Lipinski definition) is 6. The number of benzene rings is 2. The highest BCUT2D eigenvalue weighted by atomic mass is 79.9. The summed E-state index contributed by atoms with van der Waals surface area (Å²) >= 11 is 3.25. The van der Waals surface area contributed by atoms with Crippen LogP contribution >= 0.6 is 15.9 Å². The topological polar surface area (TPSA) is 109 Å². The van der Waals surface area contributed by atoms with E-state index in [0.717, 1.165) is 0 Å². The molecule has 0 saturated heterocycles. The van der Waals surface area contributed by atoms with Crippen molar-refractivity contribution in [2.45, 2.75) is 20.8 Å². The van der Waals surface area contributed by atoms with E-state index in [9.17, 15) is 14.7 Å². The number of nitrogens with one attached hydrogen (secondary N) is 2. The lowest BCUT2D eigenvalue weighted by atomic mass is 9.94. The second-order valence-electron chi connectivity index (χ2n) is 6.96. The van der Waals surface area contributed by atoms with Gasteiger partial charge >= 0.3 is 0 Å². The number of aromatic hydroxyl groups is 1. The average molecular weight is 492 g/mol. The number of rotatable bonds is 9. The van der Waals surface area contributed by atoms with Crippen LogP contribution in [0.25, 0.3) is 0 Å². The van der Waals surface area contributed by atoms with Crippen LogP contribution in [0.5, 0.6) is 17.2 Å². The molecule has 8 nitrogen and oxygen atoms in total. The van der Waals surface area contributed by atoms with Gasteiger partial charge in [0, 0.05) is 5.69 Å². The van der Waals surface area contributed by atoms with Crippen molar-refractivity contribution in [1.29, 1.82) is 0 Å². The van der Waals surface area contributed by atoms with Gasteiger partial charge in [-0.25, -0.2) is 5.43 Å². The first-order valence-electron chi connectivity index (χ1n) is 9.70. The molecular formula is C22H26BrN3O5. The van der Waals surface area contributed by atoms with Crippen LogP contribution in [0.1, 0.15) is 26.3 Å². The molecule has 9 heteroatoms. The summed E-state index contributed by atoms with van der Waals surface area (Å²) in [6, 6.07) is 10.1. The molecule has 0 fully saturated rings. The number of amides is 2. The second-order valence-corrected chi connectivity index (χ2v) is 7.81. The number of halogens is 1. The van der Waals surface area contributed by atoms with Gasteiger partial charge in [-0.3, -0.25) is 9.59 Å². The largest absolute Gasteiger partial charge is 0.503 e. The van der Waals surface area contributed by atoms with E-state index in [2.05, 4.69) is 31.8 Å². The van der Waals surface area contributed by atoms with Crippen molar-refractivity contribution >= 4 is 39.6 Å². The number of methoxy groups -OCH3 is 1. The monoisotopic (exact) mass is 491 g/mol. The fourth-order valence-corrected chi connectivity index (χ4v) is 3.25. The molecule has 2 aromatic rings. The minimum atomic E-state index is -0.940. The van der Waals surface area contributed by atoms with E-state index >= 15 is 0 Å². The molecule has 166 valence electrons. The quantitative estimate of drug-likeness (QED) is 0.279. The van der Waals surface area contributed by atoms with E-state index < -0.39 is 17.7 Å². The van der Waals surface area contributed by atoms with Crippen molar-refractivity contribution in [2.75, 3.05) is 19.0 Å². The number of nitrogens with zero attached hydrogens (tertiary/aromatic N) is 1. The molecule has 0 aromatic heterocycles. The Kier molecular flexibility index (Phi) is 8.87. The second kappa shape index (κ2) is 11.4. The van der Waals surface area contributed by atoms with Gasteiger partial charge in [-0.2, -0.15) is 5.10 Å². The maximum absolute atomic E-state index is 12.7. The zero-order valence-corrected chi connectivity index (χ0v) is 19.4. The van der Waals surface area contributed by atoms with Crippen molar-refractivity contribution in [3.8, 4) is 17.2 Å². The van der Waals surface area contributed by atoms with Gasteiger partial charge in [0.2, 0.25) is 5.91 Å². The highest BCUT2D eigenvalue weighted by molar-refractivity contribution is 9.10. The maximum atomic E-state index is 12.7. The number of anilines is 1. The molecule has 0 bridgehead atoms. The Labute approximate surface area is 189 Å². The molecule has 3 N–H and O–H groups in total. The molecule has 0 heterocycles. The normalized spacial score (nSPS) is 11.9. The summed E-state index contributed by atoms with van der Waals surface area (Å²) in [6.45, 7) is 5.76. The first kappa shape index (κ1) is 24.2. The van der Waals surface area contributed by atoms with Crippen LogP contribution in [0.2, 0.25) is 0 Å². The summed E-state index contributed by atoms with van der Waals surface area (Å²) < 4.78 is 10.9. The molecular weight excluding hydrogens is 466 g/mol. The Morgan fingerprint density at radius 1 is 1.19 bits per heavy atom. The van der Waals surface area contributed by atoms with Crippen LogP contribution in [0.15, 0.2) is 46.0 Å². The standard InChI is InChI=1S/C22H26BrN3O5/c1-5-31-18-11-14(10-17(23)20(18)27)12-24-26-22(29)19(13(2)3)21(28)25-15-6-8-16(30-4)9-7-15/h6-13,19,27H,5H2,1-4H3,(H,25,28)(H,26,29)/b24-12+. The van der Waals surface area contributed by atoms with Gasteiger partial charge < -0.3 is 19.9 Å². The number of carbonyl (C=O) groups excluding carboxylic acids is 2. The van der Waals surface area contributed by atoms with Crippen molar-refractivity contribution in [2.24, 2.45) is 16.9 Å². The molecule has 2 amide bonds. The fourth-order valence-electron chi connectivity index (χ4n) is 2.79. The Hall–Kier alpha value is -3.07. The Morgan fingerprint density at radius 3 is 2.45 bits per heavy atom. The van der Waals surface area contributed by atoms with E-state index in [-0.39, 0.29) is 11.7 Å². The molecule has 0 aliphatic carbocycles. The number of phenolic OH excluding ortho intramolecular Hbond substituents is 1. The third-order valence-electron chi connectivity index (χ3n) is 4.33. The predicted octanol–water partition coefficient (Wildman–Crippen LogP) is 3.92. The third kappa shape index (κ3) is 6.71. The van der Waals surface area contributed by atoms with Crippen LogP contribution in [-0.4, -0.2) is 36.9 Å². The van der Waals surface area contributed by atoms with E-state index in [1.165, 1.54) is 6.21 Å². The molecule has 1 atom stereocenters. The van der Waals surface area contributed by atoms with E-state index in [4.69, 9.17) is 9.47 Å². The van der Waals surface area contributed by atoms with Crippen molar-refractivity contribution in [3.63, 3.8) is 0 Å². The van der Waals surface area contributed by atoms with Gasteiger partial charge in [0.05, 0.1) is 24.4 Å². The minimum absolute atomic E-state index is 0.0156. The van der Waals surface area contributed by atoms with E-state index in [1.54, 1.807) is 64.3 Å². The van der Waals surface area contributed by atoms with Gasteiger partial charge in [0.1, 0.15) is 11.7 Å². The Bertz CT molecular complexity index is 945. The van der Waals surface area contributed by atoms with E-state index in [0.29, 0.717) is 33.8 Å². The van der Waals surface area contributed by atoms with Gasteiger partial charge in [-0.05, 0) is 70.7 Å². The predicted molar refractivity (Wildman–Crippen MR) is 123 cm³/mol. The summed E-state index contributed by atoms with van der Waals surface area (Å²) in [5, 5.41) is 16.7. The Morgan fingerprint density at radius 2 is 1.87 bits per heavy atom. The number of carbonyl (C=O) groups is 2. The summed E-state index contributed by atoms with van der Waals surface area (Å²) in [5.41, 5.74) is 3.57. The molecule has 0 spiro atoms. The average Bonchev–Trinajstić information content (AvgIpc) is 2.72. The summed E-state index contributed by atoms with van der Waals surface area (Å²) in [5.74, 6) is -1.20. The zero-order chi connectivity index (χ0) is 23.0. The lowest BCUT2D eigenvalue weighted by Crippen LogP contribution is -2.39. The van der Waals surface area contributed by atoms with Crippen LogP contribution in [0.4, 0.5) is 5.69 Å². The van der Waals surface area contributed by atoms with Gasteiger partial charge in [-0.15, -0.1) is 0 Å². The summed E-state index contributed by atoms with van der Waals surface area (Å²) in [4.78, 5) is 25.3. The number of hydrazone groups is 1. The summed E-state index contributed by atoms with van der Waals surface area (Å²) in [7, 11) is 1.56. The molecule has 31 heavy (non-hydrogen) atoms. The fraction of sp³-hybridized carbons (Fsp3) is 0.318. The van der Waals surface area contributed by atoms with Crippen LogP contribution in [0.3, 0.4) is 0 Å². The lowest BCUT2D eigenvalue weighted by molar-refractivity contribution is -0.134. The SMILES string of the molecule is CCOc1cc(/C=N/NC(=O)C(C(=O)Nc2ccc(OC)cc2)C(C)C)cc(Br)c1O. The highest BCUT2D eigenvalue weighted by Crippen LogP contribution is 2.35. The molecule has 0 aliphatic heterocycles. The lowest BCUT2D eigenvalue weighted by Gasteiger charge is -2.18. The van der Waals surface area contributed by atoms with Crippen molar-refractivity contribution in [3.05, 3.63) is 46.4 Å². The zero-order valence-electron chi connectivity index (χ0n) is 17.8. The summed E-state index contributed by atoms with van der Waals surface area (Å²) in [6.07, 6.45) is 1.41. The van der Waals surface area contributed by atoms with Crippen LogP contribution < -0.4 is 20.2 Å².